The van der Waals surface area contributed by atoms with Gasteiger partial charge in [0.2, 0.25) is 5.91 Å². The average molecular weight is 257 g/mol. The van der Waals surface area contributed by atoms with Crippen molar-refractivity contribution in [2.45, 2.75) is 31.8 Å². The predicted octanol–water partition coefficient (Wildman–Crippen LogP) is 2.56. The third kappa shape index (κ3) is 3.09. The number of anilines is 1. The molecule has 1 aliphatic rings. The summed E-state index contributed by atoms with van der Waals surface area (Å²) >= 11 is 5.66. The molecule has 1 amide bonds. The molecule has 0 aromatic heterocycles. The van der Waals surface area contributed by atoms with E-state index < -0.39 is 11.9 Å². The summed E-state index contributed by atoms with van der Waals surface area (Å²) in [5.74, 6) is -0.646. The van der Waals surface area contributed by atoms with Crippen LogP contribution in [-0.2, 0) is 4.79 Å². The lowest BCUT2D eigenvalue weighted by molar-refractivity contribution is -0.121. The summed E-state index contributed by atoms with van der Waals surface area (Å²) in [6, 6.07) is 4.48. The summed E-state index contributed by atoms with van der Waals surface area (Å²) in [6.07, 6.45) is 2.06. The molecule has 0 saturated heterocycles. The van der Waals surface area contributed by atoms with Crippen LogP contribution in [0.15, 0.2) is 18.2 Å². The third-order valence-electron chi connectivity index (χ3n) is 2.64. The lowest BCUT2D eigenvalue weighted by atomic mass is 10.2. The normalized spacial score (nSPS) is 16.4. The van der Waals surface area contributed by atoms with Crippen LogP contribution in [0, 0.1) is 5.82 Å². The Balaban J connectivity index is 1.99. The van der Waals surface area contributed by atoms with Crippen molar-refractivity contribution in [1.29, 1.82) is 0 Å². The second kappa shape index (κ2) is 4.92. The molecule has 1 saturated carbocycles. The molecule has 0 radical (unpaired) electrons. The zero-order valence-corrected chi connectivity index (χ0v) is 10.2. The smallest absolute Gasteiger partial charge is 0.242 e. The van der Waals surface area contributed by atoms with Gasteiger partial charge >= 0.3 is 0 Å². The van der Waals surface area contributed by atoms with Crippen molar-refractivity contribution in [2.24, 2.45) is 0 Å². The lowest BCUT2D eigenvalue weighted by Crippen LogP contribution is -2.38. The van der Waals surface area contributed by atoms with Crippen LogP contribution in [0.1, 0.15) is 19.8 Å². The zero-order valence-electron chi connectivity index (χ0n) is 9.47. The van der Waals surface area contributed by atoms with Crippen LogP contribution in [0.5, 0.6) is 0 Å². The Bertz CT molecular complexity index is 435. The molecule has 1 atom stereocenters. The molecule has 2 N–H and O–H groups in total. The first-order valence-corrected chi connectivity index (χ1v) is 5.96. The number of amides is 1. The Morgan fingerprint density at radius 2 is 2.24 bits per heavy atom. The molecule has 92 valence electrons. The number of carbonyl (C=O) groups excluding carboxylic acids is 1. The van der Waals surface area contributed by atoms with Gasteiger partial charge in [-0.3, -0.25) is 4.79 Å². The second-order valence-electron chi connectivity index (χ2n) is 4.25. The molecule has 17 heavy (non-hydrogen) atoms. The fourth-order valence-electron chi connectivity index (χ4n) is 1.47. The molecule has 3 nitrogen and oxygen atoms in total. The van der Waals surface area contributed by atoms with E-state index in [2.05, 4.69) is 10.6 Å². The molecule has 1 aliphatic carbocycles. The molecule has 1 aromatic carbocycles. The van der Waals surface area contributed by atoms with E-state index in [1.54, 1.807) is 19.1 Å². The van der Waals surface area contributed by atoms with Crippen molar-refractivity contribution in [3.8, 4) is 0 Å². The minimum absolute atomic E-state index is 0.0461. The molecule has 0 bridgehead atoms. The molecule has 5 heteroatoms. The van der Waals surface area contributed by atoms with Gasteiger partial charge in [-0.2, -0.15) is 0 Å². The summed E-state index contributed by atoms with van der Waals surface area (Å²) < 4.78 is 13.6. The van der Waals surface area contributed by atoms with Gasteiger partial charge in [0.1, 0.15) is 6.04 Å². The highest BCUT2D eigenvalue weighted by atomic mass is 35.5. The van der Waals surface area contributed by atoms with Crippen LogP contribution in [0.25, 0.3) is 0 Å². The fourth-order valence-corrected chi connectivity index (χ4v) is 1.64. The van der Waals surface area contributed by atoms with Crippen LogP contribution in [0.4, 0.5) is 10.1 Å². The number of carbonyl (C=O) groups is 1. The monoisotopic (exact) mass is 256 g/mol. The molecular formula is C12H14ClFN2O. The van der Waals surface area contributed by atoms with Crippen molar-refractivity contribution in [1.82, 2.24) is 5.32 Å². The minimum atomic E-state index is -0.528. The summed E-state index contributed by atoms with van der Waals surface area (Å²) in [5, 5.41) is 5.71. The van der Waals surface area contributed by atoms with Gasteiger partial charge in [-0.1, -0.05) is 17.7 Å². The first-order valence-electron chi connectivity index (χ1n) is 5.59. The standard InChI is InChI=1S/C12H14ClFN2O/c1-7(12(17)16-8-5-6-8)15-10-4-2-3-9(13)11(10)14/h2-4,7-8,15H,5-6H2,1H3,(H,16,17). The highest BCUT2D eigenvalue weighted by Crippen LogP contribution is 2.23. The molecule has 0 spiro atoms. The van der Waals surface area contributed by atoms with Crippen LogP contribution in [0.3, 0.4) is 0 Å². The van der Waals surface area contributed by atoms with Crippen LogP contribution < -0.4 is 10.6 Å². The van der Waals surface area contributed by atoms with Gasteiger partial charge in [-0.15, -0.1) is 0 Å². The van der Waals surface area contributed by atoms with Gasteiger partial charge in [0, 0.05) is 6.04 Å². The van der Waals surface area contributed by atoms with E-state index in [9.17, 15) is 9.18 Å². The van der Waals surface area contributed by atoms with Gasteiger partial charge < -0.3 is 10.6 Å². The highest BCUT2D eigenvalue weighted by molar-refractivity contribution is 6.31. The quantitative estimate of drug-likeness (QED) is 0.869. The first-order chi connectivity index (χ1) is 8.08. The van der Waals surface area contributed by atoms with Gasteiger partial charge in [-0.05, 0) is 31.9 Å². The number of benzene rings is 1. The maximum absolute atomic E-state index is 13.6. The Kier molecular flexibility index (Phi) is 3.52. The van der Waals surface area contributed by atoms with E-state index in [0.717, 1.165) is 12.8 Å². The number of nitrogens with one attached hydrogen (secondary N) is 2. The third-order valence-corrected chi connectivity index (χ3v) is 2.93. The number of halogens is 2. The summed E-state index contributed by atoms with van der Waals surface area (Å²) in [7, 11) is 0. The Morgan fingerprint density at radius 3 is 2.88 bits per heavy atom. The number of hydrogen-bond acceptors (Lipinski definition) is 2. The van der Waals surface area contributed by atoms with Crippen molar-refractivity contribution >= 4 is 23.2 Å². The number of rotatable bonds is 4. The van der Waals surface area contributed by atoms with E-state index in [0.29, 0.717) is 6.04 Å². The van der Waals surface area contributed by atoms with Crippen molar-refractivity contribution in [2.75, 3.05) is 5.32 Å². The highest BCUT2D eigenvalue weighted by Gasteiger charge is 2.25. The molecule has 0 heterocycles. The second-order valence-corrected chi connectivity index (χ2v) is 4.66. The van der Waals surface area contributed by atoms with E-state index in [1.165, 1.54) is 6.07 Å². The molecule has 0 aliphatic heterocycles. The molecule has 1 fully saturated rings. The first kappa shape index (κ1) is 12.2. The SMILES string of the molecule is CC(Nc1cccc(Cl)c1F)C(=O)NC1CC1. The molecular weight excluding hydrogens is 243 g/mol. The van der Waals surface area contributed by atoms with Crippen LogP contribution in [-0.4, -0.2) is 18.0 Å². The van der Waals surface area contributed by atoms with Gasteiger partial charge in [0.05, 0.1) is 10.7 Å². The van der Waals surface area contributed by atoms with E-state index in [4.69, 9.17) is 11.6 Å². The largest absolute Gasteiger partial charge is 0.371 e. The summed E-state index contributed by atoms with van der Waals surface area (Å²) in [5.41, 5.74) is 0.246. The number of hydrogen-bond donors (Lipinski definition) is 2. The van der Waals surface area contributed by atoms with Gasteiger partial charge in [0.15, 0.2) is 5.82 Å². The average Bonchev–Trinajstić information content (AvgIpc) is 3.08. The fraction of sp³-hybridized carbons (Fsp3) is 0.417. The van der Waals surface area contributed by atoms with Crippen molar-refractivity contribution in [3.63, 3.8) is 0 Å². The van der Waals surface area contributed by atoms with Gasteiger partial charge in [0.25, 0.3) is 0 Å². The van der Waals surface area contributed by atoms with E-state index in [1.807, 2.05) is 0 Å². The van der Waals surface area contributed by atoms with Crippen molar-refractivity contribution < 1.29 is 9.18 Å². The maximum atomic E-state index is 13.6. The molecule has 1 aromatic rings. The minimum Gasteiger partial charge on any atom is -0.371 e. The van der Waals surface area contributed by atoms with Crippen LogP contribution in [0.2, 0.25) is 5.02 Å². The summed E-state index contributed by atoms with van der Waals surface area (Å²) in [4.78, 5) is 11.7. The van der Waals surface area contributed by atoms with Crippen molar-refractivity contribution in [3.05, 3.63) is 29.0 Å². The topological polar surface area (TPSA) is 41.1 Å². The molecule has 1 unspecified atom stereocenters. The van der Waals surface area contributed by atoms with Crippen LogP contribution >= 0.6 is 11.6 Å². The lowest BCUT2D eigenvalue weighted by Gasteiger charge is -2.15. The van der Waals surface area contributed by atoms with E-state index in [-0.39, 0.29) is 16.6 Å². The Labute approximate surface area is 104 Å². The maximum Gasteiger partial charge on any atom is 0.242 e. The van der Waals surface area contributed by atoms with Gasteiger partial charge in [-0.25, -0.2) is 4.39 Å². The Hall–Kier alpha value is -1.29. The Morgan fingerprint density at radius 1 is 1.53 bits per heavy atom. The predicted molar refractivity (Wildman–Crippen MR) is 65.7 cm³/mol. The summed E-state index contributed by atoms with van der Waals surface area (Å²) in [6.45, 7) is 1.69. The molecule has 2 rings (SSSR count). The zero-order chi connectivity index (χ0) is 12.4. The van der Waals surface area contributed by atoms with E-state index >= 15 is 0 Å².